The van der Waals surface area contributed by atoms with Gasteiger partial charge in [-0.1, -0.05) is 0 Å². The molecule has 1 amide bonds. The third kappa shape index (κ3) is 7.13. The van der Waals surface area contributed by atoms with Gasteiger partial charge in [-0.15, -0.1) is 0 Å². The molecule has 2 aliphatic heterocycles. The topological polar surface area (TPSA) is 127 Å². The first-order valence-corrected chi connectivity index (χ1v) is 15.4. The summed E-state index contributed by atoms with van der Waals surface area (Å²) in [4.78, 5) is 32.0. The summed E-state index contributed by atoms with van der Waals surface area (Å²) in [5, 5.41) is 3.00. The minimum Gasteiger partial charge on any atom is -0.465 e. The maximum absolute atomic E-state index is 12.8. The van der Waals surface area contributed by atoms with Crippen LogP contribution in [0.3, 0.4) is 0 Å². The van der Waals surface area contributed by atoms with Gasteiger partial charge in [-0.25, -0.2) is 14.6 Å². The van der Waals surface area contributed by atoms with E-state index in [0.29, 0.717) is 41.3 Å². The molecule has 3 atom stereocenters. The van der Waals surface area contributed by atoms with Gasteiger partial charge in [0.25, 0.3) is 5.79 Å². The van der Waals surface area contributed by atoms with Gasteiger partial charge in [-0.2, -0.15) is 0 Å². The van der Waals surface area contributed by atoms with Gasteiger partial charge in [-0.3, -0.25) is 0 Å². The molecule has 3 aliphatic rings. The Morgan fingerprint density at radius 3 is 2.20 bits per heavy atom. The van der Waals surface area contributed by atoms with Crippen LogP contribution in [-0.2, 0) is 23.7 Å². The summed E-state index contributed by atoms with van der Waals surface area (Å²) in [6.45, 7) is 10.3. The van der Waals surface area contributed by atoms with E-state index >= 15 is 0 Å². The highest BCUT2D eigenvalue weighted by atomic mass is 16.8. The van der Waals surface area contributed by atoms with Gasteiger partial charge in [0.05, 0.1) is 25.8 Å². The number of anilines is 1. The lowest BCUT2D eigenvalue weighted by Gasteiger charge is -2.37. The first-order valence-electron chi connectivity index (χ1n) is 15.4. The number of rotatable bonds is 7. The Labute approximate surface area is 264 Å². The predicted molar refractivity (Wildman–Crippen MR) is 165 cm³/mol. The van der Waals surface area contributed by atoms with Gasteiger partial charge < -0.3 is 43.4 Å². The van der Waals surface area contributed by atoms with Crippen LogP contribution < -0.4 is 19.7 Å². The molecule has 1 aromatic carbocycles. The van der Waals surface area contributed by atoms with Crippen molar-refractivity contribution in [2.24, 2.45) is 5.92 Å². The van der Waals surface area contributed by atoms with Crippen LogP contribution in [0, 0.1) is 12.8 Å². The average Bonchev–Trinajstić information content (AvgIpc) is 3.39. The van der Waals surface area contributed by atoms with Crippen LogP contribution in [0.2, 0.25) is 0 Å². The van der Waals surface area contributed by atoms with E-state index in [-0.39, 0.29) is 12.0 Å². The van der Waals surface area contributed by atoms with E-state index in [4.69, 9.17) is 38.1 Å². The number of hydrogen-bond acceptors (Lipinski definition) is 11. The summed E-state index contributed by atoms with van der Waals surface area (Å²) < 4.78 is 40.4. The molecule has 0 radical (unpaired) electrons. The number of amides is 1. The molecule has 2 aromatic rings. The number of benzene rings is 1. The lowest BCUT2D eigenvalue weighted by Crippen LogP contribution is -2.49. The smallest absolute Gasteiger partial charge is 0.407 e. The van der Waals surface area contributed by atoms with Crippen LogP contribution >= 0.6 is 0 Å². The van der Waals surface area contributed by atoms with Crippen LogP contribution in [0.1, 0.15) is 69.3 Å². The predicted octanol–water partition coefficient (Wildman–Crippen LogP) is 5.20. The Kier molecular flexibility index (Phi) is 9.48. The number of fused-ring (bicyclic) bond motifs is 1. The zero-order valence-corrected chi connectivity index (χ0v) is 27.4. The zero-order valence-electron chi connectivity index (χ0n) is 27.4. The highest BCUT2D eigenvalue weighted by Crippen LogP contribution is 2.53. The van der Waals surface area contributed by atoms with E-state index in [2.05, 4.69) is 5.32 Å². The molecule has 45 heavy (non-hydrogen) atoms. The molecule has 12 nitrogen and oxygen atoms in total. The van der Waals surface area contributed by atoms with Crippen molar-refractivity contribution in [1.82, 2.24) is 10.3 Å². The molecule has 2 fully saturated rings. The number of carbonyl (C=O) groups is 2. The monoisotopic (exact) mass is 627 g/mol. The van der Waals surface area contributed by atoms with Crippen LogP contribution in [0.25, 0.3) is 11.1 Å². The number of esters is 1. The highest BCUT2D eigenvalue weighted by Gasteiger charge is 2.48. The van der Waals surface area contributed by atoms with Gasteiger partial charge in [0.2, 0.25) is 0 Å². The summed E-state index contributed by atoms with van der Waals surface area (Å²) in [5.41, 5.74) is 1.94. The Hall–Kier alpha value is -3.61. The van der Waals surface area contributed by atoms with Crippen molar-refractivity contribution in [3.05, 3.63) is 35.5 Å². The molecule has 5 rings (SSSR count). The molecule has 1 aromatic heterocycles. The van der Waals surface area contributed by atoms with Crippen LogP contribution in [0.4, 0.5) is 10.6 Å². The first-order chi connectivity index (χ1) is 21.3. The number of nitrogens with one attached hydrogen (secondary N) is 1. The fourth-order valence-electron chi connectivity index (χ4n) is 6.19. The lowest BCUT2D eigenvalue weighted by atomic mass is 9.81. The molecular weight excluding hydrogens is 582 g/mol. The summed E-state index contributed by atoms with van der Waals surface area (Å²) >= 11 is 0. The minimum absolute atomic E-state index is 0.0149. The SMILES string of the molecule is COC(=O)c1cc(-c2ccc(N3C[C@H](OC)O[C@H](OC)C3)nc2)c2c(c1C)OC(C)(C1CCC(NC(=O)OC(C)(C)C)CC1)O2. The van der Waals surface area contributed by atoms with E-state index in [1.54, 1.807) is 26.5 Å². The van der Waals surface area contributed by atoms with Gasteiger partial charge >= 0.3 is 12.1 Å². The number of ether oxygens (including phenoxy) is 7. The van der Waals surface area contributed by atoms with E-state index < -0.39 is 36.0 Å². The maximum atomic E-state index is 12.8. The molecule has 3 heterocycles. The summed E-state index contributed by atoms with van der Waals surface area (Å²) in [6, 6.07) is 5.66. The Morgan fingerprint density at radius 2 is 1.64 bits per heavy atom. The second-order valence-corrected chi connectivity index (χ2v) is 12.9. The Balaban J connectivity index is 1.37. The van der Waals surface area contributed by atoms with Crippen molar-refractivity contribution in [1.29, 1.82) is 0 Å². The largest absolute Gasteiger partial charge is 0.465 e. The second-order valence-electron chi connectivity index (χ2n) is 12.9. The van der Waals surface area contributed by atoms with Crippen molar-refractivity contribution in [3.8, 4) is 22.6 Å². The standard InChI is InChI=1S/C33H45N3O9/c1-19-23(30(37)41-8)15-24(20-9-14-25(34-16-20)36-17-26(39-6)42-27(18-36)40-7)29-28(19)43-33(5,44-29)21-10-12-22(13-11-21)35-31(38)45-32(2,3)4/h9,14-16,21-22,26-27H,10-13,17-18H2,1-8H3,(H,35,38)/t21?,22?,26-,27+,33?. The third-order valence-electron chi connectivity index (χ3n) is 8.64. The van der Waals surface area contributed by atoms with Gasteiger partial charge in [0, 0.05) is 56.0 Å². The molecular formula is C33H45N3O9. The number of nitrogens with zero attached hydrogens (tertiary/aromatic N) is 2. The van der Waals surface area contributed by atoms with Crippen molar-refractivity contribution >= 4 is 17.9 Å². The zero-order chi connectivity index (χ0) is 32.5. The van der Waals surface area contributed by atoms with E-state index in [0.717, 1.165) is 37.1 Å². The van der Waals surface area contributed by atoms with E-state index in [9.17, 15) is 9.59 Å². The molecule has 1 N–H and O–H groups in total. The molecule has 0 bridgehead atoms. The normalized spacial score (nSPS) is 26.4. The molecule has 1 unspecified atom stereocenters. The van der Waals surface area contributed by atoms with Crippen molar-refractivity contribution in [2.75, 3.05) is 39.3 Å². The van der Waals surface area contributed by atoms with E-state index in [1.807, 2.05) is 51.7 Å². The van der Waals surface area contributed by atoms with Gasteiger partial charge in [-0.05, 0) is 71.6 Å². The molecule has 1 aliphatic carbocycles. The number of hydrogen-bond donors (Lipinski definition) is 1. The number of methoxy groups -OCH3 is 3. The molecule has 1 saturated carbocycles. The Morgan fingerprint density at radius 1 is 1.00 bits per heavy atom. The lowest BCUT2D eigenvalue weighted by molar-refractivity contribution is -0.235. The van der Waals surface area contributed by atoms with Crippen LogP contribution in [0.5, 0.6) is 11.5 Å². The fraction of sp³-hybridized carbons (Fsp3) is 0.606. The number of carbonyl (C=O) groups excluding carboxylic acids is 2. The maximum Gasteiger partial charge on any atom is 0.407 e. The van der Waals surface area contributed by atoms with E-state index in [1.165, 1.54) is 7.11 Å². The quantitative estimate of drug-likeness (QED) is 0.407. The number of morpholine rings is 1. The first kappa shape index (κ1) is 32.8. The number of pyridine rings is 1. The highest BCUT2D eigenvalue weighted by molar-refractivity contribution is 5.95. The summed E-state index contributed by atoms with van der Waals surface area (Å²) in [5.74, 6) is 0.459. The average molecular weight is 628 g/mol. The van der Waals surface area contributed by atoms with Gasteiger partial charge in [0.15, 0.2) is 24.1 Å². The van der Waals surface area contributed by atoms with Crippen molar-refractivity contribution in [3.63, 3.8) is 0 Å². The summed E-state index contributed by atoms with van der Waals surface area (Å²) in [6.07, 6.45) is 3.56. The fourth-order valence-corrected chi connectivity index (χ4v) is 6.19. The summed E-state index contributed by atoms with van der Waals surface area (Å²) in [7, 11) is 4.55. The van der Waals surface area contributed by atoms with Crippen LogP contribution in [-0.4, -0.2) is 81.5 Å². The van der Waals surface area contributed by atoms with Crippen molar-refractivity contribution < 1.29 is 42.7 Å². The number of alkyl carbamates (subject to hydrolysis) is 1. The molecule has 1 saturated heterocycles. The van der Waals surface area contributed by atoms with Crippen LogP contribution in [0.15, 0.2) is 24.4 Å². The molecule has 12 heteroatoms. The van der Waals surface area contributed by atoms with Gasteiger partial charge in [0.1, 0.15) is 11.4 Å². The second kappa shape index (κ2) is 13.0. The molecule has 246 valence electrons. The number of aromatic nitrogens is 1. The van der Waals surface area contributed by atoms with Crippen molar-refractivity contribution in [2.45, 2.75) is 90.3 Å². The third-order valence-corrected chi connectivity index (χ3v) is 8.64. The minimum atomic E-state index is -0.959. The molecule has 0 spiro atoms. The Bertz CT molecular complexity index is 1370.